The van der Waals surface area contributed by atoms with Gasteiger partial charge in [-0.1, -0.05) is 0 Å². The van der Waals surface area contributed by atoms with Crippen LogP contribution in [0.1, 0.15) is 26.3 Å². The third-order valence-electron chi connectivity index (χ3n) is 2.73. The van der Waals surface area contributed by atoms with Crippen molar-refractivity contribution in [2.45, 2.75) is 33.2 Å². The predicted octanol–water partition coefficient (Wildman–Crippen LogP) is 2.54. The van der Waals surface area contributed by atoms with Gasteiger partial charge in [-0.2, -0.15) is 0 Å². The van der Waals surface area contributed by atoms with Gasteiger partial charge in [-0.15, -0.1) is 0 Å². The van der Waals surface area contributed by atoms with Crippen LogP contribution >= 0.6 is 0 Å². The molecule has 4 heteroatoms. The Kier molecular flexibility index (Phi) is 2.37. The van der Waals surface area contributed by atoms with Crippen LogP contribution in [0.2, 0.25) is 0 Å². The second kappa shape index (κ2) is 3.47. The van der Waals surface area contributed by atoms with Crippen molar-refractivity contribution in [1.82, 2.24) is 14.5 Å². The molecule has 86 valence electrons. The third-order valence-corrected chi connectivity index (χ3v) is 2.73. The summed E-state index contributed by atoms with van der Waals surface area (Å²) >= 11 is 0. The molecular formula is C12H18N4. The van der Waals surface area contributed by atoms with E-state index in [0.29, 0.717) is 0 Å². The monoisotopic (exact) mass is 218 g/mol. The first-order valence-electron chi connectivity index (χ1n) is 5.46. The van der Waals surface area contributed by atoms with E-state index in [1.165, 1.54) is 5.56 Å². The lowest BCUT2D eigenvalue weighted by atomic mass is 10.1. The van der Waals surface area contributed by atoms with Crippen molar-refractivity contribution in [2.75, 3.05) is 12.4 Å². The summed E-state index contributed by atoms with van der Waals surface area (Å²) in [7, 11) is 1.88. The highest BCUT2D eigenvalue weighted by Gasteiger charge is 2.19. The van der Waals surface area contributed by atoms with E-state index in [0.717, 1.165) is 16.9 Å². The van der Waals surface area contributed by atoms with Gasteiger partial charge in [0.15, 0.2) is 0 Å². The van der Waals surface area contributed by atoms with Crippen LogP contribution in [0.15, 0.2) is 12.5 Å². The van der Waals surface area contributed by atoms with Gasteiger partial charge in [0.2, 0.25) is 0 Å². The molecule has 0 aliphatic rings. The van der Waals surface area contributed by atoms with E-state index >= 15 is 0 Å². The summed E-state index contributed by atoms with van der Waals surface area (Å²) in [6.07, 6.45) is 3.75. The first kappa shape index (κ1) is 10.9. The second-order valence-electron chi connectivity index (χ2n) is 5.02. The Bertz CT molecular complexity index is 520. The number of fused-ring (bicyclic) bond motifs is 1. The summed E-state index contributed by atoms with van der Waals surface area (Å²) < 4.78 is 2.19. The van der Waals surface area contributed by atoms with E-state index in [-0.39, 0.29) is 5.54 Å². The number of hydrogen-bond acceptors (Lipinski definition) is 3. The molecule has 0 aliphatic carbocycles. The molecule has 0 amide bonds. The van der Waals surface area contributed by atoms with Crippen molar-refractivity contribution in [3.8, 4) is 0 Å². The maximum Gasteiger partial charge on any atom is 0.146 e. The number of rotatable bonds is 1. The number of aromatic nitrogens is 3. The fourth-order valence-electron chi connectivity index (χ4n) is 1.94. The SMILES string of the molecule is CNc1ncnc2c1c(C)cn2C(C)(C)C. The van der Waals surface area contributed by atoms with Crippen LogP contribution in [0.4, 0.5) is 5.82 Å². The van der Waals surface area contributed by atoms with E-state index in [4.69, 9.17) is 0 Å². The maximum atomic E-state index is 4.39. The average Bonchev–Trinajstić information content (AvgIpc) is 2.56. The molecule has 0 aromatic carbocycles. The van der Waals surface area contributed by atoms with Crippen molar-refractivity contribution < 1.29 is 0 Å². The van der Waals surface area contributed by atoms with Crippen LogP contribution in [0.5, 0.6) is 0 Å². The standard InChI is InChI=1S/C12H18N4/c1-8-6-16(12(2,3)4)11-9(8)10(13-5)14-7-15-11/h6-7H,1-5H3,(H,13,14,15). The van der Waals surface area contributed by atoms with Gasteiger partial charge in [0, 0.05) is 18.8 Å². The second-order valence-corrected chi connectivity index (χ2v) is 5.02. The Morgan fingerprint density at radius 3 is 2.50 bits per heavy atom. The first-order valence-corrected chi connectivity index (χ1v) is 5.46. The van der Waals surface area contributed by atoms with Gasteiger partial charge in [-0.05, 0) is 33.3 Å². The van der Waals surface area contributed by atoms with Gasteiger partial charge >= 0.3 is 0 Å². The van der Waals surface area contributed by atoms with E-state index in [1.54, 1.807) is 6.33 Å². The topological polar surface area (TPSA) is 42.7 Å². The van der Waals surface area contributed by atoms with Crippen LogP contribution < -0.4 is 5.32 Å². The molecule has 4 nitrogen and oxygen atoms in total. The zero-order valence-corrected chi connectivity index (χ0v) is 10.5. The van der Waals surface area contributed by atoms with Crippen molar-refractivity contribution in [3.05, 3.63) is 18.1 Å². The Morgan fingerprint density at radius 2 is 1.94 bits per heavy atom. The summed E-state index contributed by atoms with van der Waals surface area (Å²) in [5, 5.41) is 4.22. The molecule has 0 fully saturated rings. The summed E-state index contributed by atoms with van der Waals surface area (Å²) in [5.41, 5.74) is 2.23. The molecule has 0 spiro atoms. The zero-order valence-electron chi connectivity index (χ0n) is 10.5. The minimum atomic E-state index is 0.0336. The highest BCUT2D eigenvalue weighted by molar-refractivity contribution is 5.90. The van der Waals surface area contributed by atoms with Gasteiger partial charge in [0.25, 0.3) is 0 Å². The fraction of sp³-hybridized carbons (Fsp3) is 0.500. The molecule has 0 saturated carbocycles. The molecule has 0 atom stereocenters. The van der Waals surface area contributed by atoms with Gasteiger partial charge in [0.1, 0.15) is 17.8 Å². The van der Waals surface area contributed by atoms with E-state index in [9.17, 15) is 0 Å². The van der Waals surface area contributed by atoms with Crippen molar-refractivity contribution in [2.24, 2.45) is 0 Å². The van der Waals surface area contributed by atoms with Gasteiger partial charge in [0.05, 0.1) is 5.39 Å². The lowest BCUT2D eigenvalue weighted by Crippen LogP contribution is -2.21. The Morgan fingerprint density at radius 1 is 1.25 bits per heavy atom. The molecule has 0 bridgehead atoms. The van der Waals surface area contributed by atoms with Crippen LogP contribution in [0.3, 0.4) is 0 Å². The first-order chi connectivity index (χ1) is 7.45. The lowest BCUT2D eigenvalue weighted by Gasteiger charge is -2.21. The number of nitrogens with zero attached hydrogens (tertiary/aromatic N) is 3. The Balaban J connectivity index is 2.82. The molecule has 2 aromatic heterocycles. The molecule has 1 N–H and O–H groups in total. The number of hydrogen-bond donors (Lipinski definition) is 1. The predicted molar refractivity (Wildman–Crippen MR) is 66.8 cm³/mol. The largest absolute Gasteiger partial charge is 0.372 e. The fourth-order valence-corrected chi connectivity index (χ4v) is 1.94. The molecule has 0 saturated heterocycles. The van der Waals surface area contributed by atoms with Crippen LogP contribution in [0.25, 0.3) is 11.0 Å². The summed E-state index contributed by atoms with van der Waals surface area (Å²) in [6, 6.07) is 0. The van der Waals surface area contributed by atoms with Crippen LogP contribution in [-0.2, 0) is 5.54 Å². The Hall–Kier alpha value is -1.58. The van der Waals surface area contributed by atoms with E-state index < -0.39 is 0 Å². The lowest BCUT2D eigenvalue weighted by molar-refractivity contribution is 0.408. The maximum absolute atomic E-state index is 4.39. The van der Waals surface area contributed by atoms with Crippen LogP contribution in [-0.4, -0.2) is 21.6 Å². The Labute approximate surface area is 95.7 Å². The summed E-state index contributed by atoms with van der Waals surface area (Å²) in [5.74, 6) is 0.894. The quantitative estimate of drug-likeness (QED) is 0.799. The summed E-state index contributed by atoms with van der Waals surface area (Å²) in [6.45, 7) is 8.61. The molecule has 0 unspecified atom stereocenters. The van der Waals surface area contributed by atoms with Gasteiger partial charge < -0.3 is 9.88 Å². The van der Waals surface area contributed by atoms with Crippen LogP contribution in [0, 0.1) is 6.92 Å². The van der Waals surface area contributed by atoms with Crippen molar-refractivity contribution in [1.29, 1.82) is 0 Å². The number of aryl methyl sites for hydroxylation is 1. The zero-order chi connectivity index (χ0) is 11.9. The van der Waals surface area contributed by atoms with E-state index in [1.807, 2.05) is 7.05 Å². The van der Waals surface area contributed by atoms with Crippen molar-refractivity contribution >= 4 is 16.9 Å². The average molecular weight is 218 g/mol. The third kappa shape index (κ3) is 1.54. The minimum absolute atomic E-state index is 0.0336. The highest BCUT2D eigenvalue weighted by Crippen LogP contribution is 2.29. The van der Waals surface area contributed by atoms with Crippen molar-refractivity contribution in [3.63, 3.8) is 0 Å². The smallest absolute Gasteiger partial charge is 0.146 e. The van der Waals surface area contributed by atoms with E-state index in [2.05, 4.69) is 53.7 Å². The number of nitrogens with one attached hydrogen (secondary N) is 1. The number of anilines is 1. The summed E-state index contributed by atoms with van der Waals surface area (Å²) in [4.78, 5) is 8.63. The minimum Gasteiger partial charge on any atom is -0.372 e. The van der Waals surface area contributed by atoms with Gasteiger partial charge in [-0.25, -0.2) is 9.97 Å². The van der Waals surface area contributed by atoms with Gasteiger partial charge in [-0.3, -0.25) is 0 Å². The molecule has 16 heavy (non-hydrogen) atoms. The molecule has 0 aliphatic heterocycles. The molecule has 2 rings (SSSR count). The molecule has 0 radical (unpaired) electrons. The normalized spacial score (nSPS) is 12.1. The molecule has 2 aromatic rings. The highest BCUT2D eigenvalue weighted by atomic mass is 15.1. The molecule has 2 heterocycles. The molecular weight excluding hydrogens is 200 g/mol.